The maximum absolute atomic E-state index is 12.7. The van der Waals surface area contributed by atoms with Crippen molar-refractivity contribution in [2.24, 2.45) is 0 Å². The molecule has 29 heavy (non-hydrogen) atoms. The van der Waals surface area contributed by atoms with E-state index in [2.05, 4.69) is 10.6 Å². The molecular formula is C21H24I2N2O4. The Morgan fingerprint density at radius 1 is 1.07 bits per heavy atom. The van der Waals surface area contributed by atoms with E-state index < -0.39 is 12.1 Å². The van der Waals surface area contributed by atoms with E-state index >= 15 is 0 Å². The lowest BCUT2D eigenvalue weighted by atomic mass is 10.0. The Balaban J connectivity index is 2.09. The van der Waals surface area contributed by atoms with Gasteiger partial charge in [-0.05, 0) is 81.8 Å². The summed E-state index contributed by atoms with van der Waals surface area (Å²) in [6.45, 7) is 4.02. The Kier molecular flexibility index (Phi) is 9.47. The number of phenolic OH excluding ortho intramolecular Hbond substituents is 1. The summed E-state index contributed by atoms with van der Waals surface area (Å²) in [6, 6.07) is 12.2. The predicted octanol–water partition coefficient (Wildman–Crippen LogP) is 4.35. The first kappa shape index (κ1) is 23.7. The van der Waals surface area contributed by atoms with Crippen LogP contribution in [-0.4, -0.2) is 29.2 Å². The van der Waals surface area contributed by atoms with Gasteiger partial charge < -0.3 is 20.5 Å². The summed E-state index contributed by atoms with van der Waals surface area (Å²) in [4.78, 5) is 25.0. The van der Waals surface area contributed by atoms with Crippen LogP contribution in [0.2, 0.25) is 0 Å². The highest BCUT2D eigenvalue weighted by atomic mass is 127. The SMILES string of the molecule is CC[C@H](C)NC(=O)[C@@H](Cc1cc(I)c(O)c(I)c1)NC(=O)OCc1ccccc1. The van der Waals surface area contributed by atoms with Crippen LogP contribution in [-0.2, 0) is 22.6 Å². The van der Waals surface area contributed by atoms with Crippen molar-refractivity contribution < 1.29 is 19.4 Å². The van der Waals surface area contributed by atoms with E-state index in [9.17, 15) is 14.7 Å². The van der Waals surface area contributed by atoms with Gasteiger partial charge in [-0.3, -0.25) is 4.79 Å². The molecule has 0 heterocycles. The zero-order chi connectivity index (χ0) is 21.4. The van der Waals surface area contributed by atoms with Gasteiger partial charge in [0, 0.05) is 12.5 Å². The molecule has 0 spiro atoms. The van der Waals surface area contributed by atoms with Gasteiger partial charge in [-0.25, -0.2) is 4.79 Å². The molecule has 2 amide bonds. The summed E-state index contributed by atoms with van der Waals surface area (Å²) in [6.07, 6.45) is 0.419. The van der Waals surface area contributed by atoms with Crippen molar-refractivity contribution in [3.8, 4) is 5.75 Å². The summed E-state index contributed by atoms with van der Waals surface area (Å²) in [5.41, 5.74) is 1.70. The number of ether oxygens (including phenoxy) is 1. The van der Waals surface area contributed by atoms with E-state index in [0.29, 0.717) is 7.14 Å². The summed E-state index contributed by atoms with van der Waals surface area (Å²) in [5.74, 6) is -0.0557. The molecule has 3 N–H and O–H groups in total. The molecule has 2 aromatic carbocycles. The lowest BCUT2D eigenvalue weighted by molar-refractivity contribution is -0.123. The van der Waals surface area contributed by atoms with E-state index in [0.717, 1.165) is 17.5 Å². The smallest absolute Gasteiger partial charge is 0.408 e. The van der Waals surface area contributed by atoms with Gasteiger partial charge >= 0.3 is 6.09 Å². The molecule has 0 radical (unpaired) electrons. The third-order valence-electron chi connectivity index (χ3n) is 4.34. The average molecular weight is 622 g/mol. The van der Waals surface area contributed by atoms with Gasteiger partial charge in [0.15, 0.2) is 0 Å². The highest BCUT2D eigenvalue weighted by Crippen LogP contribution is 2.27. The van der Waals surface area contributed by atoms with E-state index in [1.54, 1.807) is 12.1 Å². The zero-order valence-corrected chi connectivity index (χ0v) is 20.6. The van der Waals surface area contributed by atoms with E-state index in [1.807, 2.05) is 89.4 Å². The Hall–Kier alpha value is -1.56. The first-order chi connectivity index (χ1) is 13.8. The lowest BCUT2D eigenvalue weighted by Gasteiger charge is -2.21. The second-order valence-corrected chi connectivity index (χ2v) is 9.01. The molecule has 2 atom stereocenters. The molecule has 0 aliphatic carbocycles. The van der Waals surface area contributed by atoms with Crippen molar-refractivity contribution in [1.29, 1.82) is 0 Å². The molecule has 0 aliphatic rings. The minimum absolute atomic E-state index is 0.00720. The Morgan fingerprint density at radius 2 is 1.69 bits per heavy atom. The standard InChI is InChI=1S/C21H24I2N2O4/c1-3-13(2)24-20(27)18(11-15-9-16(22)19(26)17(23)10-15)25-21(28)29-12-14-7-5-4-6-8-14/h4-10,13,18,26H,3,11-12H2,1-2H3,(H,24,27)(H,25,28)/t13-,18+/m0/s1. The molecule has 2 aromatic rings. The third-order valence-corrected chi connectivity index (χ3v) is 5.98. The minimum atomic E-state index is -0.789. The topological polar surface area (TPSA) is 87.7 Å². The Morgan fingerprint density at radius 3 is 2.28 bits per heavy atom. The normalized spacial score (nSPS) is 12.7. The second-order valence-electron chi connectivity index (χ2n) is 6.69. The third kappa shape index (κ3) is 7.65. The zero-order valence-electron chi connectivity index (χ0n) is 16.2. The Bertz CT molecular complexity index is 823. The van der Waals surface area contributed by atoms with Crippen molar-refractivity contribution in [2.45, 2.75) is 45.4 Å². The minimum Gasteiger partial charge on any atom is -0.506 e. The van der Waals surface area contributed by atoms with Crippen molar-refractivity contribution in [3.63, 3.8) is 0 Å². The fourth-order valence-electron chi connectivity index (χ4n) is 2.53. The van der Waals surface area contributed by atoms with Crippen LogP contribution >= 0.6 is 45.2 Å². The van der Waals surface area contributed by atoms with Gasteiger partial charge in [0.25, 0.3) is 0 Å². The molecule has 8 heteroatoms. The van der Waals surface area contributed by atoms with Crippen LogP contribution in [0.4, 0.5) is 4.79 Å². The monoisotopic (exact) mass is 622 g/mol. The molecule has 6 nitrogen and oxygen atoms in total. The maximum Gasteiger partial charge on any atom is 0.408 e. The van der Waals surface area contributed by atoms with Gasteiger partial charge in [0.2, 0.25) is 5.91 Å². The molecule has 2 rings (SSSR count). The van der Waals surface area contributed by atoms with E-state index in [1.165, 1.54) is 0 Å². The number of halogens is 2. The lowest BCUT2D eigenvalue weighted by Crippen LogP contribution is -2.50. The molecule has 0 aliphatic heterocycles. The number of phenols is 1. The van der Waals surface area contributed by atoms with Crippen LogP contribution in [0.15, 0.2) is 42.5 Å². The fourth-order valence-corrected chi connectivity index (χ4v) is 4.43. The molecular weight excluding hydrogens is 598 g/mol. The fraction of sp³-hybridized carbons (Fsp3) is 0.333. The van der Waals surface area contributed by atoms with Crippen molar-refractivity contribution in [1.82, 2.24) is 10.6 Å². The summed E-state index contributed by atoms with van der Waals surface area (Å²) in [5, 5.41) is 15.5. The number of benzene rings is 2. The molecule has 156 valence electrons. The van der Waals surface area contributed by atoms with Crippen LogP contribution in [0.5, 0.6) is 5.75 Å². The van der Waals surface area contributed by atoms with Crippen LogP contribution in [0.3, 0.4) is 0 Å². The maximum atomic E-state index is 12.7. The van der Waals surface area contributed by atoms with Gasteiger partial charge in [0.1, 0.15) is 18.4 Å². The van der Waals surface area contributed by atoms with Crippen molar-refractivity contribution >= 4 is 57.2 Å². The van der Waals surface area contributed by atoms with E-state index in [-0.39, 0.29) is 30.7 Å². The van der Waals surface area contributed by atoms with Crippen LogP contribution < -0.4 is 10.6 Å². The summed E-state index contributed by atoms with van der Waals surface area (Å²) < 4.78 is 6.66. The number of nitrogens with one attached hydrogen (secondary N) is 2. The van der Waals surface area contributed by atoms with Crippen molar-refractivity contribution in [2.75, 3.05) is 0 Å². The molecule has 0 bridgehead atoms. The predicted molar refractivity (Wildman–Crippen MR) is 129 cm³/mol. The average Bonchev–Trinajstić information content (AvgIpc) is 2.70. The number of hydrogen-bond donors (Lipinski definition) is 3. The number of rotatable bonds is 8. The number of carbonyl (C=O) groups excluding carboxylic acids is 2. The van der Waals surface area contributed by atoms with Crippen LogP contribution in [0, 0.1) is 7.14 Å². The molecule has 0 unspecified atom stereocenters. The van der Waals surface area contributed by atoms with Crippen LogP contribution in [0.1, 0.15) is 31.4 Å². The number of alkyl carbamates (subject to hydrolysis) is 1. The number of amides is 2. The second kappa shape index (κ2) is 11.6. The first-order valence-electron chi connectivity index (χ1n) is 9.24. The van der Waals surface area contributed by atoms with Gasteiger partial charge in [0.05, 0.1) is 7.14 Å². The number of aromatic hydroxyl groups is 1. The molecule has 0 fully saturated rings. The molecule has 0 saturated heterocycles. The Labute approximate surface area is 198 Å². The highest BCUT2D eigenvalue weighted by molar-refractivity contribution is 14.1. The summed E-state index contributed by atoms with van der Waals surface area (Å²) >= 11 is 4.09. The number of carbonyl (C=O) groups is 2. The molecule has 0 saturated carbocycles. The summed E-state index contributed by atoms with van der Waals surface area (Å²) in [7, 11) is 0. The first-order valence-corrected chi connectivity index (χ1v) is 11.4. The van der Waals surface area contributed by atoms with Gasteiger partial charge in [-0.2, -0.15) is 0 Å². The van der Waals surface area contributed by atoms with E-state index in [4.69, 9.17) is 4.74 Å². The quantitative estimate of drug-likeness (QED) is 0.383. The van der Waals surface area contributed by atoms with Crippen LogP contribution in [0.25, 0.3) is 0 Å². The van der Waals surface area contributed by atoms with Gasteiger partial charge in [-0.1, -0.05) is 37.3 Å². The molecule has 0 aromatic heterocycles. The number of hydrogen-bond acceptors (Lipinski definition) is 4. The largest absolute Gasteiger partial charge is 0.506 e. The van der Waals surface area contributed by atoms with Gasteiger partial charge in [-0.15, -0.1) is 0 Å². The van der Waals surface area contributed by atoms with Crippen molar-refractivity contribution in [3.05, 3.63) is 60.7 Å². The highest BCUT2D eigenvalue weighted by Gasteiger charge is 2.24.